The monoisotopic (exact) mass is 363 g/mol. The van der Waals surface area contributed by atoms with Crippen LogP contribution in [0, 0.1) is 13.8 Å². The number of ketones is 1. The number of hydrogen-bond donors (Lipinski definition) is 1. The minimum absolute atomic E-state index is 0.118. The third-order valence-corrected chi connectivity index (χ3v) is 5.09. The summed E-state index contributed by atoms with van der Waals surface area (Å²) >= 11 is 1.23. The lowest BCUT2D eigenvalue weighted by atomic mass is 10.1. The summed E-state index contributed by atoms with van der Waals surface area (Å²) in [6.45, 7) is 7.33. The molecule has 1 atom stereocenters. The SMILES string of the molecule is CCOC(=O)c1c(C)[nH]c(C(=O)[C@@H](C)Sc2nnc(C3CC3)o2)c1C. The van der Waals surface area contributed by atoms with Crippen LogP contribution in [-0.4, -0.2) is 38.8 Å². The fourth-order valence-electron chi connectivity index (χ4n) is 2.68. The predicted molar refractivity (Wildman–Crippen MR) is 92.1 cm³/mol. The molecule has 0 spiro atoms. The Hall–Kier alpha value is -2.09. The number of esters is 1. The van der Waals surface area contributed by atoms with Crippen molar-refractivity contribution in [1.29, 1.82) is 0 Å². The molecule has 2 heterocycles. The van der Waals surface area contributed by atoms with Crippen LogP contribution < -0.4 is 0 Å². The second-order valence-corrected chi connectivity index (χ2v) is 7.44. The summed E-state index contributed by atoms with van der Waals surface area (Å²) in [4.78, 5) is 27.9. The van der Waals surface area contributed by atoms with Gasteiger partial charge < -0.3 is 14.1 Å². The van der Waals surface area contributed by atoms with Crippen molar-refractivity contribution in [3.63, 3.8) is 0 Å². The third-order valence-electron chi connectivity index (χ3n) is 4.16. The molecule has 1 N–H and O–H groups in total. The van der Waals surface area contributed by atoms with Gasteiger partial charge >= 0.3 is 5.97 Å². The predicted octanol–water partition coefficient (Wildman–Crippen LogP) is 3.43. The second-order valence-electron chi connectivity index (χ2n) is 6.15. The van der Waals surface area contributed by atoms with E-state index < -0.39 is 11.2 Å². The summed E-state index contributed by atoms with van der Waals surface area (Å²) in [6, 6.07) is 0. The first-order valence-electron chi connectivity index (χ1n) is 8.32. The zero-order valence-corrected chi connectivity index (χ0v) is 15.5. The summed E-state index contributed by atoms with van der Waals surface area (Å²) < 4.78 is 10.7. The van der Waals surface area contributed by atoms with Gasteiger partial charge in [0.2, 0.25) is 5.89 Å². The average molecular weight is 363 g/mol. The molecule has 1 aliphatic carbocycles. The van der Waals surface area contributed by atoms with Crippen LogP contribution in [-0.2, 0) is 4.74 Å². The lowest BCUT2D eigenvalue weighted by Crippen LogP contribution is -2.15. The highest BCUT2D eigenvalue weighted by Crippen LogP contribution is 2.40. The van der Waals surface area contributed by atoms with Crippen molar-refractivity contribution in [1.82, 2.24) is 15.2 Å². The van der Waals surface area contributed by atoms with E-state index in [1.165, 1.54) is 11.8 Å². The number of Topliss-reactive ketones (excluding diaryl/α,β-unsaturated/α-hetero) is 1. The number of H-pyrrole nitrogens is 1. The molecule has 25 heavy (non-hydrogen) atoms. The first-order chi connectivity index (χ1) is 11.9. The van der Waals surface area contributed by atoms with Crippen molar-refractivity contribution in [2.24, 2.45) is 0 Å². The van der Waals surface area contributed by atoms with Crippen LogP contribution in [0.3, 0.4) is 0 Å². The van der Waals surface area contributed by atoms with Crippen molar-refractivity contribution in [3.8, 4) is 0 Å². The molecule has 0 aromatic carbocycles. The Labute approximate surface area is 149 Å². The summed E-state index contributed by atoms with van der Waals surface area (Å²) in [6.07, 6.45) is 2.16. The molecule has 1 fully saturated rings. The molecule has 3 rings (SSSR count). The molecule has 0 saturated heterocycles. The maximum Gasteiger partial charge on any atom is 0.340 e. The molecule has 2 aromatic rings. The Kier molecular flexibility index (Phi) is 4.99. The van der Waals surface area contributed by atoms with Gasteiger partial charge in [0.15, 0.2) is 5.78 Å². The van der Waals surface area contributed by atoms with Crippen molar-refractivity contribution in [2.75, 3.05) is 6.61 Å². The quantitative estimate of drug-likeness (QED) is 0.457. The van der Waals surface area contributed by atoms with E-state index in [-0.39, 0.29) is 5.78 Å². The molecule has 1 saturated carbocycles. The highest BCUT2D eigenvalue weighted by molar-refractivity contribution is 8.00. The molecular weight excluding hydrogens is 342 g/mol. The number of rotatable bonds is 7. The molecule has 2 aromatic heterocycles. The van der Waals surface area contributed by atoms with Crippen LogP contribution in [0.15, 0.2) is 9.64 Å². The number of thioether (sulfide) groups is 1. The van der Waals surface area contributed by atoms with Gasteiger partial charge in [-0.1, -0.05) is 11.8 Å². The molecule has 134 valence electrons. The first-order valence-corrected chi connectivity index (χ1v) is 9.20. The van der Waals surface area contributed by atoms with Crippen molar-refractivity contribution >= 4 is 23.5 Å². The minimum Gasteiger partial charge on any atom is -0.462 e. The molecule has 8 heteroatoms. The zero-order valence-electron chi connectivity index (χ0n) is 14.7. The first kappa shape index (κ1) is 17.7. The Morgan fingerprint density at radius 3 is 2.72 bits per heavy atom. The van der Waals surface area contributed by atoms with Gasteiger partial charge in [-0.25, -0.2) is 4.79 Å². The van der Waals surface area contributed by atoms with Crippen LogP contribution in [0.25, 0.3) is 0 Å². The summed E-state index contributed by atoms with van der Waals surface area (Å²) in [5, 5.41) is 8.01. The zero-order chi connectivity index (χ0) is 18.1. The van der Waals surface area contributed by atoms with E-state index >= 15 is 0 Å². The lowest BCUT2D eigenvalue weighted by Gasteiger charge is -2.07. The minimum atomic E-state index is -0.418. The molecule has 0 radical (unpaired) electrons. The van der Waals surface area contributed by atoms with Gasteiger partial charge in [0, 0.05) is 11.6 Å². The van der Waals surface area contributed by atoms with Crippen LogP contribution in [0.5, 0.6) is 0 Å². The number of nitrogens with one attached hydrogen (secondary N) is 1. The largest absolute Gasteiger partial charge is 0.462 e. The highest BCUT2D eigenvalue weighted by atomic mass is 32.2. The van der Waals surface area contributed by atoms with Gasteiger partial charge in [0.25, 0.3) is 5.22 Å². The van der Waals surface area contributed by atoms with E-state index in [0.29, 0.717) is 46.2 Å². The standard InChI is InChI=1S/C17H21N3O4S/c1-5-23-16(22)12-8(2)13(18-9(12)3)14(21)10(4)25-17-20-19-15(24-17)11-6-7-11/h10-11,18H,5-7H2,1-4H3/t10-/m1/s1. The summed E-state index contributed by atoms with van der Waals surface area (Å²) in [5.41, 5.74) is 2.08. The van der Waals surface area contributed by atoms with Gasteiger partial charge in [-0.05, 0) is 46.1 Å². The Morgan fingerprint density at radius 2 is 2.08 bits per heavy atom. The lowest BCUT2D eigenvalue weighted by molar-refractivity contribution is 0.0525. The number of hydrogen-bond acceptors (Lipinski definition) is 7. The van der Waals surface area contributed by atoms with E-state index in [0.717, 1.165) is 12.8 Å². The van der Waals surface area contributed by atoms with E-state index in [4.69, 9.17) is 9.15 Å². The van der Waals surface area contributed by atoms with E-state index in [1.807, 2.05) is 0 Å². The van der Waals surface area contributed by atoms with Crippen molar-refractivity contribution < 1.29 is 18.7 Å². The fourth-order valence-corrected chi connectivity index (χ4v) is 3.43. The second kappa shape index (κ2) is 7.03. The summed E-state index contributed by atoms with van der Waals surface area (Å²) in [7, 11) is 0. The van der Waals surface area contributed by atoms with Crippen LogP contribution in [0.4, 0.5) is 0 Å². The third kappa shape index (κ3) is 3.63. The molecule has 1 aliphatic rings. The van der Waals surface area contributed by atoms with E-state index in [9.17, 15) is 9.59 Å². The van der Waals surface area contributed by atoms with Gasteiger partial charge in [-0.15, -0.1) is 10.2 Å². The number of carbonyl (C=O) groups excluding carboxylic acids is 2. The maximum absolute atomic E-state index is 12.8. The van der Waals surface area contributed by atoms with Crippen LogP contribution in [0.1, 0.15) is 70.6 Å². The average Bonchev–Trinajstić information content (AvgIpc) is 3.24. The topological polar surface area (TPSA) is 98.1 Å². The Balaban J connectivity index is 1.75. The van der Waals surface area contributed by atoms with Gasteiger partial charge in [-0.2, -0.15) is 0 Å². The van der Waals surface area contributed by atoms with E-state index in [2.05, 4.69) is 15.2 Å². The van der Waals surface area contributed by atoms with E-state index in [1.54, 1.807) is 27.7 Å². The number of aromatic nitrogens is 3. The number of ether oxygens (including phenoxy) is 1. The van der Waals surface area contributed by atoms with Crippen molar-refractivity contribution in [2.45, 2.75) is 56.9 Å². The molecular formula is C17H21N3O4S. The molecule has 0 amide bonds. The molecule has 0 unspecified atom stereocenters. The van der Waals surface area contributed by atoms with Gasteiger partial charge in [0.05, 0.1) is 23.1 Å². The van der Waals surface area contributed by atoms with Gasteiger partial charge in [-0.3, -0.25) is 4.79 Å². The maximum atomic E-state index is 12.8. The fraction of sp³-hybridized carbons (Fsp3) is 0.529. The Morgan fingerprint density at radius 1 is 1.36 bits per heavy atom. The number of aryl methyl sites for hydroxylation is 1. The highest BCUT2D eigenvalue weighted by Gasteiger charge is 2.31. The van der Waals surface area contributed by atoms with Crippen LogP contribution in [0.2, 0.25) is 0 Å². The molecule has 7 nitrogen and oxygen atoms in total. The number of aromatic amines is 1. The molecule has 0 bridgehead atoms. The summed E-state index contributed by atoms with van der Waals surface area (Å²) in [5.74, 6) is 0.498. The normalized spacial score (nSPS) is 15.2. The smallest absolute Gasteiger partial charge is 0.340 e. The molecule has 0 aliphatic heterocycles. The van der Waals surface area contributed by atoms with Crippen LogP contribution >= 0.6 is 11.8 Å². The van der Waals surface area contributed by atoms with Gasteiger partial charge in [0.1, 0.15) is 0 Å². The number of carbonyl (C=O) groups is 2. The van der Waals surface area contributed by atoms with Crippen molar-refractivity contribution in [3.05, 3.63) is 28.4 Å². The Bertz CT molecular complexity index is 807. The number of nitrogens with zero attached hydrogens (tertiary/aromatic N) is 2.